The normalized spacial score (nSPS) is 10.2. The third kappa shape index (κ3) is 3.10. The molecule has 3 aromatic carbocycles. The van der Waals surface area contributed by atoms with Crippen LogP contribution < -0.4 is 19.5 Å². The van der Waals surface area contributed by atoms with E-state index in [-0.39, 0.29) is 0 Å². The molecule has 3 aromatic rings. The molecule has 24 heavy (non-hydrogen) atoms. The quantitative estimate of drug-likeness (QED) is 0.775. The van der Waals surface area contributed by atoms with E-state index in [1.54, 1.807) is 13.2 Å². The molecule has 0 aromatic heterocycles. The molecule has 0 bridgehead atoms. The van der Waals surface area contributed by atoms with Crippen LogP contribution in [0.15, 0.2) is 60.7 Å². The van der Waals surface area contributed by atoms with Crippen LogP contribution in [0.5, 0.6) is 23.0 Å². The van der Waals surface area contributed by atoms with Crippen molar-refractivity contribution in [1.29, 1.82) is 0 Å². The van der Waals surface area contributed by atoms with E-state index in [9.17, 15) is 4.79 Å². The second-order valence-electron chi connectivity index (χ2n) is 5.01. The first-order valence-electron chi connectivity index (χ1n) is 7.45. The maximum Gasteiger partial charge on any atom is 0.412 e. The lowest BCUT2D eigenvalue weighted by molar-refractivity contribution is 0.203. The minimum atomic E-state index is -0.545. The number of benzene rings is 3. The average molecular weight is 323 g/mol. The second kappa shape index (κ2) is 6.91. The molecule has 0 aliphatic rings. The van der Waals surface area contributed by atoms with E-state index in [4.69, 9.17) is 14.2 Å². The number of carbonyl (C=O) groups excluding carboxylic acids is 1. The van der Waals surface area contributed by atoms with Crippen molar-refractivity contribution < 1.29 is 19.0 Å². The molecule has 0 fully saturated rings. The van der Waals surface area contributed by atoms with Crippen LogP contribution in [0.1, 0.15) is 0 Å². The molecule has 0 spiro atoms. The molecular weight excluding hydrogens is 306 g/mol. The van der Waals surface area contributed by atoms with Crippen LogP contribution in [-0.2, 0) is 0 Å². The lowest BCUT2D eigenvalue weighted by Crippen LogP contribution is -2.22. The van der Waals surface area contributed by atoms with E-state index in [0.29, 0.717) is 23.0 Å². The van der Waals surface area contributed by atoms with Crippen molar-refractivity contribution in [1.82, 2.24) is 5.32 Å². The fourth-order valence-electron chi connectivity index (χ4n) is 2.43. The molecular formula is C19H17NO4. The average Bonchev–Trinajstić information content (AvgIpc) is 2.62. The zero-order valence-corrected chi connectivity index (χ0v) is 13.4. The number of para-hydroxylation sites is 1. The summed E-state index contributed by atoms with van der Waals surface area (Å²) >= 11 is 0. The van der Waals surface area contributed by atoms with Crippen molar-refractivity contribution in [3.63, 3.8) is 0 Å². The molecule has 1 N–H and O–H groups in total. The number of hydrogen-bond donors (Lipinski definition) is 1. The van der Waals surface area contributed by atoms with Gasteiger partial charge in [0.15, 0.2) is 11.5 Å². The minimum absolute atomic E-state index is 0.400. The summed E-state index contributed by atoms with van der Waals surface area (Å²) in [6.45, 7) is 0. The first-order chi connectivity index (χ1) is 11.7. The smallest absolute Gasteiger partial charge is 0.412 e. The van der Waals surface area contributed by atoms with Gasteiger partial charge in [0.1, 0.15) is 11.5 Å². The highest BCUT2D eigenvalue weighted by Crippen LogP contribution is 2.43. The first kappa shape index (κ1) is 15.7. The van der Waals surface area contributed by atoms with Gasteiger partial charge in [0.05, 0.1) is 7.11 Å². The van der Waals surface area contributed by atoms with Crippen LogP contribution in [-0.4, -0.2) is 20.3 Å². The van der Waals surface area contributed by atoms with Crippen molar-refractivity contribution in [3.05, 3.63) is 60.7 Å². The summed E-state index contributed by atoms with van der Waals surface area (Å²) in [6.07, 6.45) is -0.545. The molecule has 0 aliphatic heterocycles. The third-order valence-electron chi connectivity index (χ3n) is 3.51. The molecule has 0 saturated carbocycles. The second-order valence-corrected chi connectivity index (χ2v) is 5.01. The van der Waals surface area contributed by atoms with Gasteiger partial charge in [-0.2, -0.15) is 0 Å². The van der Waals surface area contributed by atoms with Crippen LogP contribution >= 0.6 is 0 Å². The van der Waals surface area contributed by atoms with Gasteiger partial charge in [-0.05, 0) is 12.1 Å². The van der Waals surface area contributed by atoms with Gasteiger partial charge >= 0.3 is 6.09 Å². The Hall–Kier alpha value is -3.21. The van der Waals surface area contributed by atoms with E-state index in [1.165, 1.54) is 7.05 Å². The standard InChI is InChI=1S/C19H17NO4/c1-20-19(21)24-16-12-17(23-13-8-4-3-5-9-13)18(22-2)15-11-7-6-10-14(15)16/h3-12H,1-2H3,(H,20,21). The molecule has 0 aliphatic carbocycles. The van der Waals surface area contributed by atoms with E-state index >= 15 is 0 Å². The zero-order chi connectivity index (χ0) is 16.9. The summed E-state index contributed by atoms with van der Waals surface area (Å²) in [5, 5.41) is 4.00. The zero-order valence-electron chi connectivity index (χ0n) is 13.4. The molecule has 0 atom stereocenters. The van der Waals surface area contributed by atoms with E-state index in [2.05, 4.69) is 5.32 Å². The Balaban J connectivity index is 2.14. The van der Waals surface area contributed by atoms with Crippen molar-refractivity contribution in [3.8, 4) is 23.0 Å². The maximum atomic E-state index is 11.6. The summed E-state index contributed by atoms with van der Waals surface area (Å²) in [6, 6.07) is 18.5. The summed E-state index contributed by atoms with van der Waals surface area (Å²) in [7, 11) is 3.09. The van der Waals surface area contributed by atoms with Gasteiger partial charge in [-0.25, -0.2) is 4.79 Å². The van der Waals surface area contributed by atoms with Gasteiger partial charge in [0.25, 0.3) is 0 Å². The van der Waals surface area contributed by atoms with E-state index < -0.39 is 6.09 Å². The highest BCUT2D eigenvalue weighted by Gasteiger charge is 2.17. The number of nitrogens with one attached hydrogen (secondary N) is 1. The topological polar surface area (TPSA) is 56.8 Å². The van der Waals surface area contributed by atoms with Crippen LogP contribution in [0.25, 0.3) is 10.8 Å². The minimum Gasteiger partial charge on any atom is -0.492 e. The van der Waals surface area contributed by atoms with Gasteiger partial charge in [-0.1, -0.05) is 42.5 Å². The number of hydrogen-bond acceptors (Lipinski definition) is 4. The Morgan fingerprint density at radius 3 is 2.25 bits per heavy atom. The Kier molecular flexibility index (Phi) is 4.52. The predicted molar refractivity (Wildman–Crippen MR) is 92.1 cm³/mol. The molecule has 1 amide bonds. The fraction of sp³-hybridized carbons (Fsp3) is 0.105. The van der Waals surface area contributed by atoms with Crippen molar-refractivity contribution in [2.75, 3.05) is 14.2 Å². The summed E-state index contributed by atoms with van der Waals surface area (Å²) in [4.78, 5) is 11.6. The van der Waals surface area contributed by atoms with Crippen LogP contribution in [0.3, 0.4) is 0 Å². The molecule has 0 saturated heterocycles. The predicted octanol–water partition coefficient (Wildman–Crippen LogP) is 4.36. The van der Waals surface area contributed by atoms with Crippen LogP contribution in [0.4, 0.5) is 4.79 Å². The maximum absolute atomic E-state index is 11.6. The van der Waals surface area contributed by atoms with E-state index in [1.807, 2.05) is 54.6 Å². The Morgan fingerprint density at radius 2 is 1.58 bits per heavy atom. The summed E-state index contributed by atoms with van der Waals surface area (Å²) < 4.78 is 16.8. The Morgan fingerprint density at radius 1 is 0.917 bits per heavy atom. The molecule has 0 radical (unpaired) electrons. The highest BCUT2D eigenvalue weighted by atomic mass is 16.6. The van der Waals surface area contributed by atoms with Gasteiger partial charge in [-0.15, -0.1) is 0 Å². The summed E-state index contributed by atoms with van der Waals surface area (Å²) in [5.74, 6) is 2.12. The lowest BCUT2D eigenvalue weighted by Gasteiger charge is -2.16. The van der Waals surface area contributed by atoms with Gasteiger partial charge in [-0.3, -0.25) is 0 Å². The van der Waals surface area contributed by atoms with Gasteiger partial charge < -0.3 is 19.5 Å². The van der Waals surface area contributed by atoms with Crippen molar-refractivity contribution in [2.45, 2.75) is 0 Å². The SMILES string of the molecule is CNC(=O)Oc1cc(Oc2ccccc2)c(OC)c2ccccc12. The first-order valence-corrected chi connectivity index (χ1v) is 7.45. The molecule has 0 unspecified atom stereocenters. The Bertz CT molecular complexity index is 862. The van der Waals surface area contributed by atoms with Gasteiger partial charge in [0.2, 0.25) is 0 Å². The number of ether oxygens (including phenoxy) is 3. The van der Waals surface area contributed by atoms with Crippen molar-refractivity contribution >= 4 is 16.9 Å². The number of methoxy groups -OCH3 is 1. The summed E-state index contributed by atoms with van der Waals surface area (Å²) in [5.41, 5.74) is 0. The monoisotopic (exact) mass is 323 g/mol. The number of amides is 1. The number of rotatable bonds is 4. The number of carbonyl (C=O) groups is 1. The lowest BCUT2D eigenvalue weighted by atomic mass is 10.1. The van der Waals surface area contributed by atoms with Crippen molar-refractivity contribution in [2.24, 2.45) is 0 Å². The van der Waals surface area contributed by atoms with E-state index in [0.717, 1.165) is 10.8 Å². The van der Waals surface area contributed by atoms with Gasteiger partial charge in [0, 0.05) is 23.9 Å². The third-order valence-corrected chi connectivity index (χ3v) is 3.51. The fourth-order valence-corrected chi connectivity index (χ4v) is 2.43. The highest BCUT2D eigenvalue weighted by molar-refractivity contribution is 5.97. The molecule has 5 heteroatoms. The Labute approximate surface area is 139 Å². The molecule has 0 heterocycles. The molecule has 122 valence electrons. The number of fused-ring (bicyclic) bond motifs is 1. The molecule has 5 nitrogen and oxygen atoms in total. The largest absolute Gasteiger partial charge is 0.492 e. The molecule has 3 rings (SSSR count). The van der Waals surface area contributed by atoms with Crippen LogP contribution in [0.2, 0.25) is 0 Å². The van der Waals surface area contributed by atoms with Crippen LogP contribution in [0, 0.1) is 0 Å².